The Bertz CT molecular complexity index is 294. The molecule has 0 aliphatic carbocycles. The van der Waals surface area contributed by atoms with Crippen LogP contribution in [0.1, 0.15) is 5.56 Å². The van der Waals surface area contributed by atoms with Gasteiger partial charge in [0.1, 0.15) is 0 Å². The maximum Gasteiger partial charge on any atom is 0.367 e. The van der Waals surface area contributed by atoms with Gasteiger partial charge in [-0.05, 0) is 0 Å². The Balaban J connectivity index is 3.08. The fourth-order valence-corrected chi connectivity index (χ4v) is 0.922. The third-order valence-corrected chi connectivity index (χ3v) is 1.76. The molecule has 78 valence electrons. The van der Waals surface area contributed by atoms with Gasteiger partial charge in [0.05, 0.1) is 0 Å². The molecule has 0 aliphatic rings. The lowest BCUT2D eigenvalue weighted by molar-refractivity contribution is -0.547. The first-order chi connectivity index (χ1) is 6.42. The minimum atomic E-state index is -3.49. The number of hydrogen-bond acceptors (Lipinski definition) is 6. The smallest absolute Gasteiger partial charge is 0.356 e. The van der Waals surface area contributed by atoms with Crippen LogP contribution >= 0.6 is 0 Å². The fourth-order valence-electron chi connectivity index (χ4n) is 0.922. The van der Waals surface area contributed by atoms with Crippen LogP contribution in [0.2, 0.25) is 0 Å². The molecule has 0 radical (unpaired) electrons. The van der Waals surface area contributed by atoms with Crippen LogP contribution < -0.4 is 0 Å². The van der Waals surface area contributed by atoms with Crippen LogP contribution in [-0.2, 0) is 10.7 Å². The third kappa shape index (κ3) is 1.75. The predicted octanol–water partition coefficient (Wildman–Crippen LogP) is -1.05. The summed E-state index contributed by atoms with van der Waals surface area (Å²) in [4.78, 5) is 3.17. The van der Waals surface area contributed by atoms with Crippen molar-refractivity contribution in [3.8, 4) is 0 Å². The van der Waals surface area contributed by atoms with Gasteiger partial charge >= 0.3 is 5.97 Å². The molecular weight excluding hydrogens is 192 g/mol. The monoisotopic (exact) mass is 202 g/mol. The van der Waals surface area contributed by atoms with E-state index in [-0.39, 0.29) is 5.56 Å². The zero-order chi connectivity index (χ0) is 10.8. The molecule has 0 heterocycles. The van der Waals surface area contributed by atoms with E-state index in [1.807, 2.05) is 0 Å². The van der Waals surface area contributed by atoms with Crippen LogP contribution in [0.15, 0.2) is 30.3 Å². The normalized spacial score (nSPS) is 12.9. The minimum Gasteiger partial charge on any atom is -0.356 e. The molecule has 0 atom stereocenters. The average molecular weight is 202 g/mol. The van der Waals surface area contributed by atoms with Gasteiger partial charge in [-0.25, -0.2) is 5.26 Å². The molecule has 6 nitrogen and oxygen atoms in total. The van der Waals surface area contributed by atoms with Gasteiger partial charge in [-0.15, -0.1) is 0 Å². The summed E-state index contributed by atoms with van der Waals surface area (Å²) >= 11 is 0. The Morgan fingerprint density at radius 1 is 0.929 bits per heavy atom. The largest absolute Gasteiger partial charge is 0.367 e. The summed E-state index contributed by atoms with van der Waals surface area (Å²) in [6.07, 6.45) is 0. The third-order valence-electron chi connectivity index (χ3n) is 1.76. The molecule has 0 bridgehead atoms. The van der Waals surface area contributed by atoms with Crippen molar-refractivity contribution in [2.75, 3.05) is 0 Å². The predicted molar refractivity (Wildman–Crippen MR) is 43.4 cm³/mol. The zero-order valence-corrected chi connectivity index (χ0v) is 7.03. The first kappa shape index (κ1) is 11.1. The summed E-state index contributed by atoms with van der Waals surface area (Å²) in [6, 6.07) is 6.93. The first-order valence-electron chi connectivity index (χ1n) is 3.69. The Kier molecular flexibility index (Phi) is 2.86. The van der Waals surface area contributed by atoms with Gasteiger partial charge in [0.25, 0.3) is 5.79 Å². The van der Waals surface area contributed by atoms with E-state index in [1.54, 1.807) is 6.07 Å². The molecule has 0 saturated carbocycles. The molecule has 0 unspecified atom stereocenters. The molecule has 0 saturated heterocycles. The highest BCUT2D eigenvalue weighted by Gasteiger charge is 2.51. The Morgan fingerprint density at radius 3 is 1.86 bits per heavy atom. The van der Waals surface area contributed by atoms with Gasteiger partial charge in [0, 0.05) is 5.56 Å². The van der Waals surface area contributed by atoms with E-state index in [9.17, 15) is 10.2 Å². The van der Waals surface area contributed by atoms with E-state index in [1.165, 1.54) is 24.3 Å². The van der Waals surface area contributed by atoms with Crippen molar-refractivity contribution >= 4 is 0 Å². The van der Waals surface area contributed by atoms with Crippen LogP contribution in [-0.4, -0.2) is 31.7 Å². The van der Waals surface area contributed by atoms with Gasteiger partial charge in [-0.3, -0.25) is 0 Å². The van der Waals surface area contributed by atoms with Gasteiger partial charge in [-0.1, -0.05) is 30.3 Å². The second-order valence-corrected chi connectivity index (χ2v) is 2.74. The fraction of sp³-hybridized carbons (Fsp3) is 0.250. The first-order valence-corrected chi connectivity index (χ1v) is 3.69. The topological polar surface area (TPSA) is 110 Å². The summed E-state index contributed by atoms with van der Waals surface area (Å²) in [5.41, 5.74) is -0.237. The number of hydrogen-bond donors (Lipinski definition) is 5. The maximum absolute atomic E-state index is 9.28. The molecule has 1 aromatic carbocycles. The second-order valence-electron chi connectivity index (χ2n) is 2.74. The standard InChI is InChI=1S/C8H10O6/c9-7(10,8(11,12)14-13)6-4-2-1-3-5-6/h1-5,9-13H. The minimum absolute atomic E-state index is 0.237. The molecule has 14 heavy (non-hydrogen) atoms. The lowest BCUT2D eigenvalue weighted by Crippen LogP contribution is -2.53. The molecule has 0 amide bonds. The van der Waals surface area contributed by atoms with Crippen LogP contribution in [0, 0.1) is 0 Å². The van der Waals surface area contributed by atoms with Crippen molar-refractivity contribution in [3.63, 3.8) is 0 Å². The summed E-state index contributed by atoms with van der Waals surface area (Å²) in [5, 5.41) is 44.4. The highest BCUT2D eigenvalue weighted by Crippen LogP contribution is 2.28. The van der Waals surface area contributed by atoms with Crippen molar-refractivity contribution in [2.45, 2.75) is 11.8 Å². The van der Waals surface area contributed by atoms with Crippen molar-refractivity contribution in [1.29, 1.82) is 0 Å². The van der Waals surface area contributed by atoms with Crippen LogP contribution in [0.3, 0.4) is 0 Å². The van der Waals surface area contributed by atoms with E-state index in [4.69, 9.17) is 15.5 Å². The molecule has 0 aromatic heterocycles. The van der Waals surface area contributed by atoms with E-state index >= 15 is 0 Å². The molecule has 1 aromatic rings. The highest BCUT2D eigenvalue weighted by molar-refractivity contribution is 5.20. The zero-order valence-electron chi connectivity index (χ0n) is 7.03. The summed E-state index contributed by atoms with van der Waals surface area (Å²) in [6.45, 7) is 0. The second kappa shape index (κ2) is 3.62. The Hall–Kier alpha value is -1.02. The maximum atomic E-state index is 9.28. The van der Waals surface area contributed by atoms with Gasteiger partial charge in [0.15, 0.2) is 0 Å². The van der Waals surface area contributed by atoms with Crippen LogP contribution in [0.4, 0.5) is 0 Å². The SMILES string of the molecule is OOC(O)(O)C(O)(O)c1ccccc1. The molecule has 5 N–H and O–H groups in total. The number of aliphatic hydroxyl groups is 4. The van der Waals surface area contributed by atoms with Crippen molar-refractivity contribution in [2.24, 2.45) is 0 Å². The molecule has 1 rings (SSSR count). The van der Waals surface area contributed by atoms with Crippen LogP contribution in [0.25, 0.3) is 0 Å². The lowest BCUT2D eigenvalue weighted by Gasteiger charge is -2.31. The average Bonchev–Trinajstić information content (AvgIpc) is 2.19. The van der Waals surface area contributed by atoms with E-state index in [0.29, 0.717) is 0 Å². The van der Waals surface area contributed by atoms with Crippen molar-refractivity contribution in [3.05, 3.63) is 35.9 Å². The molecule has 0 aliphatic heterocycles. The van der Waals surface area contributed by atoms with E-state index in [0.717, 1.165) is 0 Å². The van der Waals surface area contributed by atoms with E-state index in [2.05, 4.69) is 4.89 Å². The van der Waals surface area contributed by atoms with Crippen molar-refractivity contribution in [1.82, 2.24) is 0 Å². The molecular formula is C8H10O6. The summed E-state index contributed by atoms with van der Waals surface area (Å²) in [7, 11) is 0. The highest BCUT2D eigenvalue weighted by atomic mass is 17.2. The van der Waals surface area contributed by atoms with Crippen molar-refractivity contribution < 1.29 is 30.6 Å². The van der Waals surface area contributed by atoms with Gasteiger partial charge < -0.3 is 20.4 Å². The number of rotatable bonds is 3. The van der Waals surface area contributed by atoms with Crippen LogP contribution in [0.5, 0.6) is 0 Å². The molecule has 0 fully saturated rings. The lowest BCUT2D eigenvalue weighted by atomic mass is 10.0. The Labute approximate surface area is 79.2 Å². The van der Waals surface area contributed by atoms with Gasteiger partial charge in [-0.2, -0.15) is 4.89 Å². The molecule has 6 heteroatoms. The number of benzene rings is 1. The van der Waals surface area contributed by atoms with E-state index < -0.39 is 11.8 Å². The summed E-state index contributed by atoms with van der Waals surface area (Å²) < 4.78 is 0. The summed E-state index contributed by atoms with van der Waals surface area (Å²) in [5.74, 6) is -6.61. The quantitative estimate of drug-likeness (QED) is 0.243. The molecule has 0 spiro atoms. The Morgan fingerprint density at radius 2 is 1.43 bits per heavy atom. The van der Waals surface area contributed by atoms with Gasteiger partial charge in [0.2, 0.25) is 0 Å².